The minimum Gasteiger partial charge on any atom is -0.452 e. The lowest BCUT2D eigenvalue weighted by atomic mass is 10.2. The largest absolute Gasteiger partial charge is 0.452 e. The van der Waals surface area contributed by atoms with Gasteiger partial charge in [-0.2, -0.15) is 0 Å². The van der Waals surface area contributed by atoms with Crippen molar-refractivity contribution in [2.75, 3.05) is 13.7 Å². The van der Waals surface area contributed by atoms with E-state index in [4.69, 9.17) is 4.74 Å². The Morgan fingerprint density at radius 3 is 2.38 bits per heavy atom. The number of ether oxygens (including phenoxy) is 1. The minimum atomic E-state index is -1.19. The summed E-state index contributed by atoms with van der Waals surface area (Å²) in [5, 5.41) is 0. The van der Waals surface area contributed by atoms with E-state index < -0.39 is 35.9 Å². The SMILES string of the molecule is CN(Cc1ccccc1F)C(=O)COC(=O)c1ccc(F)c(F)c1. The van der Waals surface area contributed by atoms with Crippen molar-refractivity contribution < 1.29 is 27.5 Å². The molecule has 2 rings (SSSR count). The summed E-state index contributed by atoms with van der Waals surface area (Å²) in [6, 6.07) is 8.50. The first kappa shape index (κ1) is 17.5. The molecule has 0 bridgehead atoms. The van der Waals surface area contributed by atoms with E-state index in [1.54, 1.807) is 6.07 Å². The number of carbonyl (C=O) groups excluding carboxylic acids is 2. The number of halogens is 3. The van der Waals surface area contributed by atoms with Gasteiger partial charge >= 0.3 is 5.97 Å². The molecule has 0 aliphatic carbocycles. The Labute approximate surface area is 136 Å². The molecule has 0 spiro atoms. The maximum Gasteiger partial charge on any atom is 0.338 e. The van der Waals surface area contributed by atoms with Crippen molar-refractivity contribution in [1.29, 1.82) is 0 Å². The highest BCUT2D eigenvalue weighted by atomic mass is 19.2. The van der Waals surface area contributed by atoms with Crippen LogP contribution in [0, 0.1) is 17.5 Å². The van der Waals surface area contributed by atoms with Crippen molar-refractivity contribution in [2.24, 2.45) is 0 Å². The topological polar surface area (TPSA) is 46.6 Å². The van der Waals surface area contributed by atoms with E-state index in [1.807, 2.05) is 0 Å². The molecule has 126 valence electrons. The van der Waals surface area contributed by atoms with E-state index in [9.17, 15) is 22.8 Å². The van der Waals surface area contributed by atoms with Gasteiger partial charge in [0.1, 0.15) is 5.82 Å². The molecule has 2 aromatic rings. The van der Waals surface area contributed by atoms with Gasteiger partial charge in [0.15, 0.2) is 18.2 Å². The third kappa shape index (κ3) is 4.34. The maximum atomic E-state index is 13.5. The van der Waals surface area contributed by atoms with Crippen LogP contribution in [0.25, 0.3) is 0 Å². The predicted molar refractivity (Wildman–Crippen MR) is 79.5 cm³/mol. The third-order valence-electron chi connectivity index (χ3n) is 3.27. The lowest BCUT2D eigenvalue weighted by Gasteiger charge is -2.17. The van der Waals surface area contributed by atoms with Crippen molar-refractivity contribution in [3.8, 4) is 0 Å². The van der Waals surface area contributed by atoms with E-state index in [2.05, 4.69) is 0 Å². The van der Waals surface area contributed by atoms with Gasteiger partial charge in [-0.25, -0.2) is 18.0 Å². The molecule has 0 heterocycles. The highest BCUT2D eigenvalue weighted by molar-refractivity contribution is 5.91. The van der Waals surface area contributed by atoms with Gasteiger partial charge in [-0.05, 0) is 24.3 Å². The fourth-order valence-electron chi connectivity index (χ4n) is 1.91. The number of esters is 1. The fraction of sp³-hybridized carbons (Fsp3) is 0.176. The molecule has 0 aliphatic rings. The average Bonchev–Trinajstić information content (AvgIpc) is 2.56. The molecule has 0 saturated heterocycles. The number of rotatable bonds is 5. The predicted octanol–water partition coefficient (Wildman–Crippen LogP) is 2.92. The molecule has 0 aliphatic heterocycles. The highest BCUT2D eigenvalue weighted by Gasteiger charge is 2.16. The molecular weight excluding hydrogens is 323 g/mol. The smallest absolute Gasteiger partial charge is 0.338 e. The number of hydrogen-bond acceptors (Lipinski definition) is 3. The molecule has 0 fully saturated rings. The second-order valence-corrected chi connectivity index (χ2v) is 5.05. The standard InChI is InChI=1S/C17H14F3NO3/c1-21(9-12-4-2-3-5-13(12)18)16(22)10-24-17(23)11-6-7-14(19)15(20)8-11/h2-8H,9-10H2,1H3. The van der Waals surface area contributed by atoms with E-state index in [0.717, 1.165) is 12.1 Å². The number of amides is 1. The summed E-state index contributed by atoms with van der Waals surface area (Å²) in [4.78, 5) is 24.8. The van der Waals surface area contributed by atoms with Crippen LogP contribution in [0.2, 0.25) is 0 Å². The number of nitrogens with zero attached hydrogens (tertiary/aromatic N) is 1. The van der Waals surface area contributed by atoms with Crippen molar-refractivity contribution >= 4 is 11.9 Å². The lowest BCUT2D eigenvalue weighted by Crippen LogP contribution is -2.31. The number of benzene rings is 2. The van der Waals surface area contributed by atoms with Crippen molar-refractivity contribution in [3.05, 3.63) is 71.0 Å². The zero-order valence-electron chi connectivity index (χ0n) is 12.8. The van der Waals surface area contributed by atoms with Crippen molar-refractivity contribution in [1.82, 2.24) is 4.90 Å². The van der Waals surface area contributed by atoms with Crippen LogP contribution < -0.4 is 0 Å². The molecular formula is C17H14F3NO3. The Morgan fingerprint density at radius 2 is 1.71 bits per heavy atom. The molecule has 1 amide bonds. The Kier molecular flexibility index (Phi) is 5.57. The molecule has 0 N–H and O–H groups in total. The monoisotopic (exact) mass is 337 g/mol. The van der Waals surface area contributed by atoms with E-state index in [0.29, 0.717) is 11.6 Å². The summed E-state index contributed by atoms with van der Waals surface area (Å²) in [6.07, 6.45) is 0. The van der Waals surface area contributed by atoms with Gasteiger partial charge in [-0.1, -0.05) is 18.2 Å². The summed E-state index contributed by atoms with van der Waals surface area (Å²) in [5.41, 5.74) is 0.110. The van der Waals surface area contributed by atoms with Crippen LogP contribution in [-0.4, -0.2) is 30.4 Å². The van der Waals surface area contributed by atoms with Crippen LogP contribution in [0.3, 0.4) is 0 Å². The average molecular weight is 337 g/mol. The fourth-order valence-corrected chi connectivity index (χ4v) is 1.91. The summed E-state index contributed by atoms with van der Waals surface area (Å²) >= 11 is 0. The first-order chi connectivity index (χ1) is 11.4. The normalized spacial score (nSPS) is 10.3. The van der Waals surface area contributed by atoms with E-state index >= 15 is 0 Å². The van der Waals surface area contributed by atoms with Gasteiger partial charge in [0.25, 0.3) is 5.91 Å². The molecule has 0 atom stereocenters. The van der Waals surface area contributed by atoms with Crippen LogP contribution >= 0.6 is 0 Å². The highest BCUT2D eigenvalue weighted by Crippen LogP contribution is 2.11. The van der Waals surface area contributed by atoms with E-state index in [1.165, 1.54) is 30.1 Å². The lowest BCUT2D eigenvalue weighted by molar-refractivity contribution is -0.133. The quantitative estimate of drug-likeness (QED) is 0.788. The first-order valence-corrected chi connectivity index (χ1v) is 6.98. The summed E-state index contributed by atoms with van der Waals surface area (Å²) in [6.45, 7) is -0.586. The van der Waals surface area contributed by atoms with Crippen molar-refractivity contribution in [3.63, 3.8) is 0 Å². The number of likely N-dealkylation sites (N-methyl/N-ethyl adjacent to an activating group) is 1. The molecule has 0 saturated carbocycles. The van der Waals surface area contributed by atoms with Gasteiger partial charge < -0.3 is 9.64 Å². The van der Waals surface area contributed by atoms with E-state index in [-0.39, 0.29) is 12.1 Å². The first-order valence-electron chi connectivity index (χ1n) is 6.98. The number of hydrogen-bond donors (Lipinski definition) is 0. The molecule has 4 nitrogen and oxygen atoms in total. The molecule has 2 aromatic carbocycles. The Morgan fingerprint density at radius 1 is 1.00 bits per heavy atom. The zero-order chi connectivity index (χ0) is 17.7. The summed E-state index contributed by atoms with van der Waals surface area (Å²) < 4.78 is 44.1. The zero-order valence-corrected chi connectivity index (χ0v) is 12.8. The summed E-state index contributed by atoms with van der Waals surface area (Å²) in [5.74, 6) is -4.24. The Bertz CT molecular complexity index is 764. The van der Waals surface area contributed by atoms with Crippen LogP contribution in [0.1, 0.15) is 15.9 Å². The summed E-state index contributed by atoms with van der Waals surface area (Å²) in [7, 11) is 1.43. The van der Waals surface area contributed by atoms with Crippen LogP contribution in [0.15, 0.2) is 42.5 Å². The molecule has 24 heavy (non-hydrogen) atoms. The van der Waals surface area contributed by atoms with Crippen LogP contribution in [0.5, 0.6) is 0 Å². The van der Waals surface area contributed by atoms with Gasteiger partial charge in [0.2, 0.25) is 0 Å². The molecule has 0 unspecified atom stereocenters. The minimum absolute atomic E-state index is 0.00817. The molecule has 7 heteroatoms. The number of carbonyl (C=O) groups is 2. The van der Waals surface area contributed by atoms with Gasteiger partial charge in [0, 0.05) is 19.2 Å². The third-order valence-corrected chi connectivity index (χ3v) is 3.27. The maximum absolute atomic E-state index is 13.5. The van der Waals surface area contributed by atoms with Crippen LogP contribution in [-0.2, 0) is 16.1 Å². The molecule has 0 radical (unpaired) electrons. The Balaban J connectivity index is 1.91. The molecule has 0 aromatic heterocycles. The Hall–Kier alpha value is -2.83. The van der Waals surface area contributed by atoms with Crippen LogP contribution in [0.4, 0.5) is 13.2 Å². The second kappa shape index (κ2) is 7.63. The van der Waals surface area contributed by atoms with Gasteiger partial charge in [-0.3, -0.25) is 4.79 Å². The second-order valence-electron chi connectivity index (χ2n) is 5.05. The van der Waals surface area contributed by atoms with Crippen molar-refractivity contribution in [2.45, 2.75) is 6.54 Å². The van der Waals surface area contributed by atoms with Gasteiger partial charge in [0.05, 0.1) is 5.56 Å². The van der Waals surface area contributed by atoms with Gasteiger partial charge in [-0.15, -0.1) is 0 Å².